The van der Waals surface area contributed by atoms with E-state index in [0.29, 0.717) is 6.54 Å². The Labute approximate surface area is 116 Å². The van der Waals surface area contributed by atoms with E-state index >= 15 is 0 Å². The van der Waals surface area contributed by atoms with Gasteiger partial charge in [-0.2, -0.15) is 0 Å². The highest BCUT2D eigenvalue weighted by Gasteiger charge is 2.24. The van der Waals surface area contributed by atoms with Gasteiger partial charge >= 0.3 is 0 Å². The number of carbonyl (C=O) groups is 1. The lowest BCUT2D eigenvalue weighted by Crippen LogP contribution is -2.28. The van der Waals surface area contributed by atoms with Gasteiger partial charge in [-0.15, -0.1) is 0 Å². The molecule has 1 fully saturated rings. The van der Waals surface area contributed by atoms with Gasteiger partial charge in [0, 0.05) is 30.5 Å². The number of rotatable bonds is 5. The molecule has 0 saturated carbocycles. The largest absolute Gasteiger partial charge is 0.351 e. The third-order valence-electron chi connectivity index (χ3n) is 4.51. The highest BCUT2D eigenvalue weighted by molar-refractivity contribution is 5.99. The average molecular weight is 262 g/mol. The van der Waals surface area contributed by atoms with Gasteiger partial charge in [-0.05, 0) is 45.2 Å². The van der Waals surface area contributed by atoms with Crippen molar-refractivity contribution in [3.63, 3.8) is 0 Å². The molecule has 0 spiro atoms. The molecule has 1 aliphatic rings. The third kappa shape index (κ3) is 3.08. The highest BCUT2D eigenvalue weighted by Crippen LogP contribution is 2.22. The van der Waals surface area contributed by atoms with E-state index in [0.717, 1.165) is 36.0 Å². The predicted molar refractivity (Wildman–Crippen MR) is 78.7 cm³/mol. The monoisotopic (exact) mass is 262 g/mol. The molecule has 1 aromatic heterocycles. The van der Waals surface area contributed by atoms with E-state index in [1.807, 2.05) is 20.0 Å². The Morgan fingerprint density at radius 2 is 2.16 bits per heavy atom. The van der Waals surface area contributed by atoms with Crippen molar-refractivity contribution in [2.45, 2.75) is 40.0 Å². The molecule has 1 unspecified atom stereocenters. The molecule has 1 saturated heterocycles. The molecule has 2 heterocycles. The second-order valence-corrected chi connectivity index (χ2v) is 5.95. The quantitative estimate of drug-likeness (QED) is 0.762. The maximum Gasteiger partial charge on any atom is 0.178 e. The van der Waals surface area contributed by atoms with E-state index < -0.39 is 0 Å². The lowest BCUT2D eigenvalue weighted by molar-refractivity contribution is 0.0942. The van der Waals surface area contributed by atoms with E-state index in [2.05, 4.69) is 23.3 Å². The average Bonchev–Trinajstić information content (AvgIpc) is 2.90. The number of Topliss-reactive ketones (excluding diaryl/α,β-unsaturated/α-hetero) is 1. The first-order chi connectivity index (χ1) is 9.02. The van der Waals surface area contributed by atoms with Crippen molar-refractivity contribution < 1.29 is 4.79 Å². The summed E-state index contributed by atoms with van der Waals surface area (Å²) in [6.07, 6.45) is 3.81. The minimum atomic E-state index is 0.276. The Bertz CT molecular complexity index is 462. The summed E-state index contributed by atoms with van der Waals surface area (Å²) in [6, 6.07) is 2.03. The minimum Gasteiger partial charge on any atom is -0.351 e. The SMILES string of the molecule is CCCC1CCN(CC(=O)c2cc(C)n(C)c2C)C1. The van der Waals surface area contributed by atoms with Crippen LogP contribution in [-0.2, 0) is 7.05 Å². The van der Waals surface area contributed by atoms with Gasteiger partial charge in [0.25, 0.3) is 0 Å². The molecule has 0 aliphatic carbocycles. The topological polar surface area (TPSA) is 25.2 Å². The Hall–Kier alpha value is -1.09. The first-order valence-corrected chi connectivity index (χ1v) is 7.41. The van der Waals surface area contributed by atoms with Gasteiger partial charge < -0.3 is 4.57 Å². The zero-order valence-electron chi connectivity index (χ0n) is 12.7. The molecule has 0 amide bonds. The second kappa shape index (κ2) is 5.91. The molecule has 2 rings (SSSR count). The number of likely N-dealkylation sites (tertiary alicyclic amines) is 1. The third-order valence-corrected chi connectivity index (χ3v) is 4.51. The summed E-state index contributed by atoms with van der Waals surface area (Å²) in [4.78, 5) is 14.7. The van der Waals surface area contributed by atoms with Gasteiger partial charge in [0.1, 0.15) is 0 Å². The molecule has 1 aromatic rings. The van der Waals surface area contributed by atoms with Crippen LogP contribution in [0.25, 0.3) is 0 Å². The summed E-state index contributed by atoms with van der Waals surface area (Å²) in [5.74, 6) is 1.08. The summed E-state index contributed by atoms with van der Waals surface area (Å²) in [5, 5.41) is 0. The number of hydrogen-bond donors (Lipinski definition) is 0. The molecule has 106 valence electrons. The number of carbonyl (C=O) groups excluding carboxylic acids is 1. The van der Waals surface area contributed by atoms with Crippen LogP contribution in [0.15, 0.2) is 6.07 Å². The first-order valence-electron chi connectivity index (χ1n) is 7.41. The molecule has 1 aliphatic heterocycles. The Kier molecular flexibility index (Phi) is 4.46. The van der Waals surface area contributed by atoms with Gasteiger partial charge in [-0.1, -0.05) is 13.3 Å². The van der Waals surface area contributed by atoms with Crippen LogP contribution in [0.2, 0.25) is 0 Å². The normalized spacial score (nSPS) is 20.1. The van der Waals surface area contributed by atoms with E-state index in [9.17, 15) is 4.79 Å². The van der Waals surface area contributed by atoms with E-state index in [-0.39, 0.29) is 5.78 Å². The molecular weight excluding hydrogens is 236 g/mol. The summed E-state index contributed by atoms with van der Waals surface area (Å²) in [5.41, 5.74) is 3.15. The van der Waals surface area contributed by atoms with Gasteiger partial charge in [0.15, 0.2) is 5.78 Å². The smallest absolute Gasteiger partial charge is 0.178 e. The van der Waals surface area contributed by atoms with Gasteiger partial charge in [-0.3, -0.25) is 9.69 Å². The van der Waals surface area contributed by atoms with E-state index in [1.54, 1.807) is 0 Å². The van der Waals surface area contributed by atoms with Gasteiger partial charge in [-0.25, -0.2) is 0 Å². The van der Waals surface area contributed by atoms with Crippen molar-refractivity contribution in [2.24, 2.45) is 13.0 Å². The fraction of sp³-hybridized carbons (Fsp3) is 0.688. The number of ketones is 1. The summed E-state index contributed by atoms with van der Waals surface area (Å²) in [7, 11) is 2.02. The van der Waals surface area contributed by atoms with Crippen LogP contribution in [0.4, 0.5) is 0 Å². The highest BCUT2D eigenvalue weighted by atomic mass is 16.1. The zero-order chi connectivity index (χ0) is 14.0. The van der Waals surface area contributed by atoms with Crippen LogP contribution in [0, 0.1) is 19.8 Å². The number of hydrogen-bond acceptors (Lipinski definition) is 2. The summed E-state index contributed by atoms with van der Waals surface area (Å²) in [6.45, 7) is 9.10. The molecule has 0 N–H and O–H groups in total. The van der Waals surface area contributed by atoms with Crippen molar-refractivity contribution in [1.82, 2.24) is 9.47 Å². The molecule has 0 aromatic carbocycles. The van der Waals surface area contributed by atoms with Crippen LogP contribution in [0.3, 0.4) is 0 Å². The van der Waals surface area contributed by atoms with Crippen molar-refractivity contribution in [3.8, 4) is 0 Å². The maximum absolute atomic E-state index is 12.4. The van der Waals surface area contributed by atoms with Crippen molar-refractivity contribution in [1.29, 1.82) is 0 Å². The standard InChI is InChI=1S/C16H26N2O/c1-5-6-14-7-8-18(10-14)11-16(19)15-9-12(2)17(4)13(15)3/h9,14H,5-8,10-11H2,1-4H3. The van der Waals surface area contributed by atoms with E-state index in [4.69, 9.17) is 0 Å². The zero-order valence-corrected chi connectivity index (χ0v) is 12.7. The van der Waals surface area contributed by atoms with Crippen LogP contribution in [0.1, 0.15) is 47.9 Å². The van der Waals surface area contributed by atoms with Crippen LogP contribution >= 0.6 is 0 Å². The number of aromatic nitrogens is 1. The van der Waals surface area contributed by atoms with Crippen molar-refractivity contribution in [3.05, 3.63) is 23.0 Å². The number of aryl methyl sites for hydroxylation is 1. The molecule has 3 nitrogen and oxygen atoms in total. The first kappa shape index (κ1) is 14.3. The van der Waals surface area contributed by atoms with Gasteiger partial charge in [0.2, 0.25) is 0 Å². The summed E-state index contributed by atoms with van der Waals surface area (Å²) < 4.78 is 2.09. The molecule has 0 bridgehead atoms. The fourth-order valence-electron chi connectivity index (χ4n) is 3.13. The number of nitrogens with zero attached hydrogens (tertiary/aromatic N) is 2. The summed E-state index contributed by atoms with van der Waals surface area (Å²) >= 11 is 0. The Morgan fingerprint density at radius 3 is 2.74 bits per heavy atom. The van der Waals surface area contributed by atoms with E-state index in [1.165, 1.54) is 19.3 Å². The lowest BCUT2D eigenvalue weighted by Gasteiger charge is -2.15. The minimum absolute atomic E-state index is 0.276. The molecule has 19 heavy (non-hydrogen) atoms. The van der Waals surface area contributed by atoms with Crippen LogP contribution in [-0.4, -0.2) is 34.9 Å². The maximum atomic E-state index is 12.4. The van der Waals surface area contributed by atoms with Crippen LogP contribution < -0.4 is 0 Å². The predicted octanol–water partition coefficient (Wildman–Crippen LogP) is 2.95. The van der Waals surface area contributed by atoms with Crippen LogP contribution in [0.5, 0.6) is 0 Å². The fourth-order valence-corrected chi connectivity index (χ4v) is 3.13. The molecule has 1 atom stereocenters. The van der Waals surface area contributed by atoms with Crippen molar-refractivity contribution in [2.75, 3.05) is 19.6 Å². The molecule has 0 radical (unpaired) electrons. The van der Waals surface area contributed by atoms with Gasteiger partial charge in [0.05, 0.1) is 6.54 Å². The molecule has 3 heteroatoms. The lowest BCUT2D eigenvalue weighted by atomic mass is 10.0. The van der Waals surface area contributed by atoms with Crippen molar-refractivity contribution >= 4 is 5.78 Å². The Balaban J connectivity index is 1.96. The molecular formula is C16H26N2O. The Morgan fingerprint density at radius 1 is 1.42 bits per heavy atom. The second-order valence-electron chi connectivity index (χ2n) is 5.95.